The third kappa shape index (κ3) is 3.30. The van der Waals surface area contributed by atoms with Crippen molar-refractivity contribution in [3.63, 3.8) is 0 Å². The first kappa shape index (κ1) is 14.2. The highest BCUT2D eigenvalue weighted by Gasteiger charge is 2.27. The van der Waals surface area contributed by atoms with E-state index in [1.807, 2.05) is 6.92 Å². The monoisotopic (exact) mass is 249 g/mol. The first-order valence-electron chi connectivity index (χ1n) is 5.87. The summed E-state index contributed by atoms with van der Waals surface area (Å²) in [5, 5.41) is 2.65. The van der Waals surface area contributed by atoms with Gasteiger partial charge in [0.1, 0.15) is 0 Å². The maximum absolute atomic E-state index is 12.0. The van der Waals surface area contributed by atoms with Crippen LogP contribution in [0.25, 0.3) is 0 Å². The van der Waals surface area contributed by atoms with Crippen molar-refractivity contribution in [3.8, 4) is 0 Å². The second-order valence-electron chi connectivity index (χ2n) is 4.53. The molecule has 0 saturated carbocycles. The lowest BCUT2D eigenvalue weighted by molar-refractivity contribution is -0.120. The zero-order chi connectivity index (χ0) is 13.8. The highest BCUT2D eigenvalue weighted by atomic mass is 16.2. The summed E-state index contributed by atoms with van der Waals surface area (Å²) >= 11 is 0. The first-order valence-corrected chi connectivity index (χ1v) is 5.87. The fourth-order valence-corrected chi connectivity index (χ4v) is 1.70. The third-order valence-corrected chi connectivity index (χ3v) is 2.73. The highest BCUT2D eigenvalue weighted by Crippen LogP contribution is 2.17. The molecule has 5 nitrogen and oxygen atoms in total. The van der Waals surface area contributed by atoms with E-state index >= 15 is 0 Å². The number of nitrogens with one attached hydrogen (secondary N) is 1. The number of anilines is 1. The molecule has 1 unspecified atom stereocenters. The Bertz CT molecular complexity index is 455. The Balaban J connectivity index is 2.92. The normalized spacial score (nSPS) is 13.7. The Morgan fingerprint density at radius 2 is 1.94 bits per heavy atom. The number of hydrogen-bond donors (Lipinski definition) is 3. The molecule has 0 bridgehead atoms. The summed E-state index contributed by atoms with van der Waals surface area (Å²) in [7, 11) is 0. The number of primary amides is 1. The molecule has 0 aliphatic rings. The predicted molar refractivity (Wildman–Crippen MR) is 71.1 cm³/mol. The van der Waals surface area contributed by atoms with Gasteiger partial charge in [0.15, 0.2) is 0 Å². The molecule has 18 heavy (non-hydrogen) atoms. The molecule has 1 rings (SSSR count). The van der Waals surface area contributed by atoms with Gasteiger partial charge in [-0.25, -0.2) is 0 Å². The minimum absolute atomic E-state index is 0.276. The van der Waals surface area contributed by atoms with E-state index in [9.17, 15) is 9.59 Å². The third-order valence-electron chi connectivity index (χ3n) is 2.73. The molecule has 5 N–H and O–H groups in total. The molecule has 0 saturated heterocycles. The van der Waals surface area contributed by atoms with Crippen molar-refractivity contribution in [1.29, 1.82) is 0 Å². The highest BCUT2D eigenvalue weighted by molar-refractivity contribution is 6.05. The van der Waals surface area contributed by atoms with Crippen molar-refractivity contribution in [2.45, 2.75) is 32.2 Å². The Labute approximate surface area is 107 Å². The first-order chi connectivity index (χ1) is 8.38. The second kappa shape index (κ2) is 5.64. The van der Waals surface area contributed by atoms with Gasteiger partial charge in [-0.05, 0) is 25.5 Å². The molecule has 0 radical (unpaired) electrons. The zero-order valence-electron chi connectivity index (χ0n) is 10.7. The lowest BCUT2D eigenvalue weighted by Gasteiger charge is -2.23. The van der Waals surface area contributed by atoms with Crippen LogP contribution in [0.15, 0.2) is 24.3 Å². The van der Waals surface area contributed by atoms with Gasteiger partial charge in [0.05, 0.1) is 16.8 Å². The maximum Gasteiger partial charge on any atom is 0.250 e. The van der Waals surface area contributed by atoms with Gasteiger partial charge in [0.2, 0.25) is 5.91 Å². The molecule has 98 valence electrons. The zero-order valence-corrected chi connectivity index (χ0v) is 10.7. The summed E-state index contributed by atoms with van der Waals surface area (Å²) in [6.45, 7) is 3.62. The molecule has 5 heteroatoms. The van der Waals surface area contributed by atoms with Crippen LogP contribution in [0, 0.1) is 0 Å². The van der Waals surface area contributed by atoms with E-state index in [0.717, 1.165) is 6.42 Å². The SMILES string of the molecule is CCCC(C)(N)C(=O)Nc1ccccc1C(N)=O. The Kier molecular flexibility index (Phi) is 4.44. The number of nitrogens with two attached hydrogens (primary N) is 2. The van der Waals surface area contributed by atoms with Crippen LogP contribution in [-0.2, 0) is 4.79 Å². The van der Waals surface area contributed by atoms with Crippen LogP contribution in [0.2, 0.25) is 0 Å². The molecule has 0 spiro atoms. The maximum atomic E-state index is 12.0. The van der Waals surface area contributed by atoms with Crippen LogP contribution in [0.3, 0.4) is 0 Å². The molecule has 0 aliphatic heterocycles. The van der Waals surface area contributed by atoms with E-state index in [1.54, 1.807) is 31.2 Å². The second-order valence-corrected chi connectivity index (χ2v) is 4.53. The minimum atomic E-state index is -0.959. The smallest absolute Gasteiger partial charge is 0.250 e. The van der Waals surface area contributed by atoms with Crippen molar-refractivity contribution in [3.05, 3.63) is 29.8 Å². The summed E-state index contributed by atoms with van der Waals surface area (Å²) in [5.74, 6) is -0.904. The van der Waals surface area contributed by atoms with Gasteiger partial charge in [-0.2, -0.15) is 0 Å². The summed E-state index contributed by atoms with van der Waals surface area (Å²) in [6.07, 6.45) is 1.37. The standard InChI is InChI=1S/C13H19N3O2/c1-3-8-13(2,15)12(18)16-10-7-5-4-6-9(10)11(14)17/h4-7H,3,8,15H2,1-2H3,(H2,14,17)(H,16,18). The van der Waals surface area contributed by atoms with Crippen LogP contribution in [0.1, 0.15) is 37.0 Å². The average Bonchev–Trinajstić information content (AvgIpc) is 2.29. The van der Waals surface area contributed by atoms with Gasteiger partial charge in [0.25, 0.3) is 5.91 Å². The fourth-order valence-electron chi connectivity index (χ4n) is 1.70. The number of hydrogen-bond acceptors (Lipinski definition) is 3. The molecule has 2 amide bonds. The van der Waals surface area contributed by atoms with E-state index in [-0.39, 0.29) is 11.5 Å². The van der Waals surface area contributed by atoms with Crippen molar-refractivity contribution in [2.24, 2.45) is 11.5 Å². The molecule has 0 aliphatic carbocycles. The van der Waals surface area contributed by atoms with E-state index in [1.165, 1.54) is 0 Å². The number of benzene rings is 1. The van der Waals surface area contributed by atoms with Crippen molar-refractivity contribution in [1.82, 2.24) is 0 Å². The van der Waals surface area contributed by atoms with Gasteiger partial charge < -0.3 is 16.8 Å². The lowest BCUT2D eigenvalue weighted by atomic mass is 9.96. The summed E-state index contributed by atoms with van der Waals surface area (Å²) in [4.78, 5) is 23.2. The quantitative estimate of drug-likeness (QED) is 0.732. The molecule has 1 atom stereocenters. The largest absolute Gasteiger partial charge is 0.366 e. The molecule has 0 fully saturated rings. The van der Waals surface area contributed by atoms with Crippen molar-refractivity contribution in [2.75, 3.05) is 5.32 Å². The predicted octanol–water partition coefficient (Wildman–Crippen LogP) is 1.24. The van der Waals surface area contributed by atoms with Gasteiger partial charge in [-0.1, -0.05) is 25.5 Å². The van der Waals surface area contributed by atoms with Crippen molar-refractivity contribution < 1.29 is 9.59 Å². The number of carbonyl (C=O) groups excluding carboxylic acids is 2. The molecule has 0 heterocycles. The Hall–Kier alpha value is -1.88. The average molecular weight is 249 g/mol. The molecule has 1 aromatic carbocycles. The summed E-state index contributed by atoms with van der Waals surface area (Å²) < 4.78 is 0. The summed E-state index contributed by atoms with van der Waals surface area (Å²) in [6, 6.07) is 6.59. The topological polar surface area (TPSA) is 98.2 Å². The Morgan fingerprint density at radius 3 is 2.50 bits per heavy atom. The lowest BCUT2D eigenvalue weighted by Crippen LogP contribution is -2.48. The van der Waals surface area contributed by atoms with Crippen LogP contribution in [0.4, 0.5) is 5.69 Å². The van der Waals surface area contributed by atoms with Gasteiger partial charge in [0, 0.05) is 0 Å². The van der Waals surface area contributed by atoms with E-state index < -0.39 is 11.4 Å². The number of rotatable bonds is 5. The van der Waals surface area contributed by atoms with Crippen LogP contribution < -0.4 is 16.8 Å². The van der Waals surface area contributed by atoms with Gasteiger partial charge >= 0.3 is 0 Å². The molecular formula is C13H19N3O2. The molecular weight excluding hydrogens is 230 g/mol. The van der Waals surface area contributed by atoms with E-state index in [0.29, 0.717) is 12.1 Å². The van der Waals surface area contributed by atoms with E-state index in [2.05, 4.69) is 5.32 Å². The van der Waals surface area contributed by atoms with Crippen LogP contribution >= 0.6 is 0 Å². The van der Waals surface area contributed by atoms with Crippen LogP contribution in [-0.4, -0.2) is 17.4 Å². The fraction of sp³-hybridized carbons (Fsp3) is 0.385. The van der Waals surface area contributed by atoms with Gasteiger partial charge in [-0.15, -0.1) is 0 Å². The molecule has 0 aromatic heterocycles. The minimum Gasteiger partial charge on any atom is -0.366 e. The van der Waals surface area contributed by atoms with Crippen LogP contribution in [0.5, 0.6) is 0 Å². The van der Waals surface area contributed by atoms with Gasteiger partial charge in [-0.3, -0.25) is 9.59 Å². The molecule has 1 aromatic rings. The summed E-state index contributed by atoms with van der Waals surface area (Å²) in [5.41, 5.74) is 10.9. The van der Waals surface area contributed by atoms with Crippen molar-refractivity contribution >= 4 is 17.5 Å². The Morgan fingerprint density at radius 1 is 1.33 bits per heavy atom. The van der Waals surface area contributed by atoms with E-state index in [4.69, 9.17) is 11.5 Å². The number of amides is 2. The number of para-hydroxylation sites is 1. The number of carbonyl (C=O) groups is 2.